The van der Waals surface area contributed by atoms with Crippen molar-refractivity contribution < 1.29 is 148 Å². The molecule has 5 saturated heterocycles. The lowest BCUT2D eigenvalue weighted by atomic mass is 9.72. The first-order valence-electron chi connectivity index (χ1n) is 30.9. The van der Waals surface area contributed by atoms with Crippen molar-refractivity contribution >= 4 is 11.9 Å². The summed E-state index contributed by atoms with van der Waals surface area (Å²) in [5, 5.41) is 172. The van der Waals surface area contributed by atoms with Gasteiger partial charge in [0.25, 0.3) is 0 Å². The topological polar surface area (TPSA) is 472 Å². The third-order valence-electron chi connectivity index (χ3n) is 19.3. The first-order chi connectivity index (χ1) is 41.9. The van der Waals surface area contributed by atoms with Gasteiger partial charge in [0, 0.05) is 38.0 Å². The van der Waals surface area contributed by atoms with E-state index in [4.69, 9.17) is 56.8 Å². The number of fused-ring (bicyclic) bond motifs is 1. The van der Waals surface area contributed by atoms with Gasteiger partial charge in [-0.2, -0.15) is 0 Å². The van der Waals surface area contributed by atoms with Crippen LogP contribution in [0.25, 0.3) is 0 Å². The zero-order valence-electron chi connectivity index (χ0n) is 49.2. The molecule has 0 radical (unpaired) electrons. The number of methoxy groups -OCH3 is 1. The maximum absolute atomic E-state index is 13.2. The molecule has 9 fully saturated rings. The summed E-state index contributed by atoms with van der Waals surface area (Å²) in [5.74, 6) is -2.77. The molecule has 30 heteroatoms. The molecule has 17 N–H and O–H groups in total. The maximum atomic E-state index is 13.2. The summed E-state index contributed by atoms with van der Waals surface area (Å²) in [5.41, 5.74) is 0. The van der Waals surface area contributed by atoms with Crippen LogP contribution in [0.3, 0.4) is 0 Å². The van der Waals surface area contributed by atoms with Crippen LogP contribution in [0, 0.1) is 23.7 Å². The molecule has 9 rings (SSSR count). The van der Waals surface area contributed by atoms with E-state index in [2.05, 4.69) is 0 Å². The van der Waals surface area contributed by atoms with Crippen LogP contribution >= 0.6 is 0 Å². The smallest absolute Gasteiger partial charge is 0.330 e. The third-order valence-corrected chi connectivity index (χ3v) is 19.3. The highest BCUT2D eigenvalue weighted by molar-refractivity contribution is 5.82. The summed E-state index contributed by atoms with van der Waals surface area (Å²) in [4.78, 5) is 25.6. The van der Waals surface area contributed by atoms with Crippen LogP contribution < -0.4 is 0 Å². The Morgan fingerprint density at radius 1 is 0.500 bits per heavy atom. The van der Waals surface area contributed by atoms with Crippen LogP contribution in [0.15, 0.2) is 24.3 Å². The number of esters is 2. The van der Waals surface area contributed by atoms with E-state index >= 15 is 0 Å². The number of hydrogen-bond acceptors (Lipinski definition) is 29. The van der Waals surface area contributed by atoms with Gasteiger partial charge in [-0.1, -0.05) is 12.2 Å². The zero-order chi connectivity index (χ0) is 63.4. The molecule has 32 atom stereocenters. The van der Waals surface area contributed by atoms with Crippen LogP contribution in [0.2, 0.25) is 0 Å². The van der Waals surface area contributed by atoms with Crippen molar-refractivity contribution in [3.8, 4) is 0 Å². The fourth-order valence-corrected chi connectivity index (χ4v) is 14.0. The Labute approximate surface area is 508 Å². The minimum atomic E-state index is -1.88. The molecule has 4 saturated carbocycles. The highest BCUT2D eigenvalue weighted by Gasteiger charge is 2.58. The van der Waals surface area contributed by atoms with Crippen LogP contribution in [0.5, 0.6) is 0 Å². The van der Waals surface area contributed by atoms with Crippen LogP contribution in [-0.4, -0.2) is 309 Å². The molecule has 0 aromatic rings. The minimum Gasteiger partial charge on any atom is -0.460 e. The predicted molar refractivity (Wildman–Crippen MR) is 292 cm³/mol. The molecule has 5 aliphatic heterocycles. The number of hydrogen-bond donors (Lipinski definition) is 16. The normalized spacial score (nSPS) is 49.7. The van der Waals surface area contributed by atoms with E-state index < -0.39 is 222 Å². The van der Waals surface area contributed by atoms with Gasteiger partial charge < -0.3 is 139 Å². The monoisotopic (exact) mass is 1270 g/mol. The van der Waals surface area contributed by atoms with Gasteiger partial charge in [0.2, 0.25) is 0 Å². The third kappa shape index (κ3) is 16.5. The lowest BCUT2D eigenvalue weighted by Gasteiger charge is -2.50. The molecule has 504 valence electrons. The largest absolute Gasteiger partial charge is 0.460 e. The SMILES string of the molecule is COC1CCC(C2[OH+]C3CC(O)CC(OC4OC(CO)C(O)C(O)C4O)C3CC2OC2OC(COC3OC(C)C(OC(=O)C=CC4CCC(OC5OC(COC(=O)C=CC6CCC(O)C(O)C6)C(O)C(O)C5O)CC4)C(O)C3O)C(O)C(O)C2O)CC1O. The van der Waals surface area contributed by atoms with E-state index in [1.54, 1.807) is 12.2 Å². The van der Waals surface area contributed by atoms with E-state index in [9.17, 15) is 91.3 Å². The standard InChI is InChI=1S/C58H92O30/c1-23-53(88-41(65)14-6-24-3-9-28(10-4-24)81-56-49(73)46(70)43(67)38(86-56)21-78-40(64)13-7-25-5-11-30(61)31(62)15-25)48(72)52(76)55(80-23)79-22-39-44(68)47(71)51(75)58(87-39)84-36-19-29-34(82-54(36)26-8-12-33(77-2)32(63)16-26)17-27(60)18-35(29)83-57-50(74)45(69)42(66)37(20-59)85-57/h6-7,13-14,23-39,42-63,66-76H,3-5,8-12,15-22H2,1-2H3/p+1. The molecule has 0 spiro atoms. The number of rotatable bonds is 19. The van der Waals surface area contributed by atoms with Gasteiger partial charge in [-0.15, -0.1) is 0 Å². The quantitative estimate of drug-likeness (QED) is 0.0325. The predicted octanol–water partition coefficient (Wildman–Crippen LogP) is -6.06. The highest BCUT2D eigenvalue weighted by atomic mass is 16.7. The Balaban J connectivity index is 0.750. The van der Waals surface area contributed by atoms with Crippen molar-refractivity contribution in [2.24, 2.45) is 23.7 Å². The Kier molecular flexibility index (Phi) is 24.6. The number of carbonyl (C=O) groups excluding carboxylic acids is 2. The van der Waals surface area contributed by atoms with Crippen molar-refractivity contribution in [2.75, 3.05) is 26.9 Å². The van der Waals surface area contributed by atoms with Crippen LogP contribution in [0.4, 0.5) is 0 Å². The van der Waals surface area contributed by atoms with E-state index in [-0.39, 0.29) is 49.9 Å². The van der Waals surface area contributed by atoms with Crippen molar-refractivity contribution in [3.05, 3.63) is 24.3 Å². The van der Waals surface area contributed by atoms with Gasteiger partial charge in [-0.3, -0.25) is 0 Å². The lowest BCUT2D eigenvalue weighted by Crippen LogP contribution is -2.64. The summed E-state index contributed by atoms with van der Waals surface area (Å²) in [6.07, 6.45) is -28.9. The van der Waals surface area contributed by atoms with Crippen LogP contribution in [0.1, 0.15) is 90.4 Å². The van der Waals surface area contributed by atoms with Crippen molar-refractivity contribution in [1.82, 2.24) is 0 Å². The molecule has 0 bridgehead atoms. The summed E-state index contributed by atoms with van der Waals surface area (Å²) >= 11 is 0. The van der Waals surface area contributed by atoms with Crippen molar-refractivity contribution in [2.45, 2.75) is 274 Å². The van der Waals surface area contributed by atoms with E-state index in [0.29, 0.717) is 51.4 Å². The first kappa shape index (κ1) is 69.7. The van der Waals surface area contributed by atoms with Gasteiger partial charge >= 0.3 is 11.9 Å². The summed E-state index contributed by atoms with van der Waals surface area (Å²) < 4.78 is 69.4. The van der Waals surface area contributed by atoms with Gasteiger partial charge in [0.1, 0.15) is 98.2 Å². The number of carbonyl (C=O) groups is 2. The number of aliphatic hydroxyl groups is 18. The second-order valence-corrected chi connectivity index (χ2v) is 25.4. The Morgan fingerprint density at radius 2 is 1.07 bits per heavy atom. The summed E-state index contributed by atoms with van der Waals surface area (Å²) in [6, 6.07) is 0. The number of ether oxygens (including phenoxy) is 12. The minimum absolute atomic E-state index is 0.0283. The average molecular weight is 1270 g/mol. The molecular formula is C58H93O30+. The first-order valence-corrected chi connectivity index (χ1v) is 30.9. The van der Waals surface area contributed by atoms with Crippen molar-refractivity contribution in [1.29, 1.82) is 0 Å². The summed E-state index contributed by atoms with van der Waals surface area (Å²) in [6.45, 7) is -0.305. The van der Waals surface area contributed by atoms with Crippen molar-refractivity contribution in [3.63, 3.8) is 0 Å². The molecule has 4 aliphatic carbocycles. The molecule has 5 heterocycles. The summed E-state index contributed by atoms with van der Waals surface area (Å²) in [7, 11) is 1.50. The highest BCUT2D eigenvalue weighted by Crippen LogP contribution is 2.45. The Bertz CT molecular complexity index is 2260. The molecule has 9 aliphatic rings. The zero-order valence-corrected chi connectivity index (χ0v) is 49.2. The number of aliphatic hydroxyl groups excluding tert-OH is 16. The molecule has 30 nitrogen and oxygen atoms in total. The molecule has 0 aromatic carbocycles. The van der Waals surface area contributed by atoms with Crippen LogP contribution in [-0.2, 0) is 61.7 Å². The molecule has 0 amide bonds. The lowest BCUT2D eigenvalue weighted by molar-refractivity contribution is -0.370. The fourth-order valence-electron chi connectivity index (χ4n) is 14.0. The van der Waals surface area contributed by atoms with E-state index in [1.807, 2.05) is 0 Å². The second kappa shape index (κ2) is 31.1. The molecule has 0 aromatic heterocycles. The molecule has 32 unspecified atom stereocenters. The molecular weight excluding hydrogens is 1180 g/mol. The average Bonchev–Trinajstić information content (AvgIpc) is 2.00. The Morgan fingerprint density at radius 3 is 1.69 bits per heavy atom. The van der Waals surface area contributed by atoms with Gasteiger partial charge in [-0.25, -0.2) is 9.59 Å². The second-order valence-electron chi connectivity index (χ2n) is 25.4. The fraction of sp³-hybridized carbons (Fsp3) is 0.897. The maximum Gasteiger partial charge on any atom is 0.330 e. The van der Waals surface area contributed by atoms with Gasteiger partial charge in [0.15, 0.2) is 43.5 Å². The van der Waals surface area contributed by atoms with E-state index in [1.165, 1.54) is 26.2 Å². The van der Waals surface area contributed by atoms with Gasteiger partial charge in [-0.05, 0) is 89.4 Å². The Hall–Kier alpha value is -2.62. The number of allylic oxidation sites excluding steroid dienone is 2. The molecule has 88 heavy (non-hydrogen) atoms. The van der Waals surface area contributed by atoms with E-state index in [0.717, 1.165) is 0 Å². The van der Waals surface area contributed by atoms with Gasteiger partial charge in [0.05, 0.1) is 68.0 Å².